The fourth-order valence-corrected chi connectivity index (χ4v) is 3.97. The highest BCUT2D eigenvalue weighted by Gasteiger charge is 2.22. The molecule has 3 aromatic rings. The van der Waals surface area contributed by atoms with Crippen LogP contribution < -0.4 is 5.69 Å². The Hall–Kier alpha value is -1.54. The molecule has 1 unspecified atom stereocenters. The molecule has 0 aliphatic carbocycles. The smallest absolute Gasteiger partial charge is 0.292 e. The molecular formula is C18H14I2N4O3S. The first-order valence-corrected chi connectivity index (χ1v) is 11.4. The average molecular weight is 620 g/mol. The van der Waals surface area contributed by atoms with Crippen LogP contribution in [0.4, 0.5) is 0 Å². The highest BCUT2D eigenvalue weighted by atomic mass is 127. The quantitative estimate of drug-likeness (QED) is 0.101. The first kappa shape index (κ1) is 21.2. The Morgan fingerprint density at radius 2 is 1.79 bits per heavy atom. The largest absolute Gasteiger partial charge is 0.368 e. The van der Waals surface area contributed by atoms with Gasteiger partial charge >= 0.3 is 5.69 Å². The van der Waals surface area contributed by atoms with Crippen molar-refractivity contribution in [3.63, 3.8) is 0 Å². The predicted octanol–water partition coefficient (Wildman–Crippen LogP) is 3.21. The molecule has 7 nitrogen and oxygen atoms in total. The summed E-state index contributed by atoms with van der Waals surface area (Å²) in [6, 6.07) is 14.7. The predicted molar refractivity (Wildman–Crippen MR) is 124 cm³/mol. The molecule has 0 aliphatic rings. The lowest BCUT2D eigenvalue weighted by molar-refractivity contribution is -0.108. The van der Waals surface area contributed by atoms with E-state index in [9.17, 15) is 14.4 Å². The van der Waals surface area contributed by atoms with Crippen LogP contribution in [0.1, 0.15) is 15.9 Å². The molecular weight excluding hydrogens is 606 g/mol. The van der Waals surface area contributed by atoms with Crippen LogP contribution in [-0.2, 0) is 17.6 Å². The molecule has 0 saturated heterocycles. The zero-order valence-corrected chi connectivity index (χ0v) is 19.7. The molecule has 1 heterocycles. The standard InChI is InChI=1S/C18H14I2N4O3S/c1-23-18(27)24(22-21-23)14-5-3-2-4-12(14)10-28-13-8-6-11(7-9-13)16(25)15(19)17(20)26/h2-9,15H,10H2,1H3. The Bertz CT molecular complexity index is 1080. The molecule has 28 heavy (non-hydrogen) atoms. The number of halogens is 2. The topological polar surface area (TPSA) is 86.8 Å². The average Bonchev–Trinajstić information content (AvgIpc) is 3.04. The van der Waals surface area contributed by atoms with E-state index < -0.39 is 3.92 Å². The highest BCUT2D eigenvalue weighted by molar-refractivity contribution is 14.1. The molecule has 144 valence electrons. The van der Waals surface area contributed by atoms with Gasteiger partial charge in [0.1, 0.15) is 3.92 Å². The molecule has 0 aliphatic heterocycles. The second kappa shape index (κ2) is 9.31. The molecule has 0 saturated carbocycles. The minimum Gasteiger partial charge on any atom is -0.292 e. The van der Waals surface area contributed by atoms with Gasteiger partial charge in [-0.3, -0.25) is 9.59 Å². The summed E-state index contributed by atoms with van der Waals surface area (Å²) in [6.45, 7) is 0. The Labute approximate surface area is 192 Å². The second-order valence-electron chi connectivity index (χ2n) is 5.77. The van der Waals surface area contributed by atoms with E-state index in [0.29, 0.717) is 17.0 Å². The Morgan fingerprint density at radius 3 is 2.39 bits per heavy atom. The van der Waals surface area contributed by atoms with Crippen LogP contribution in [0.3, 0.4) is 0 Å². The normalized spacial score (nSPS) is 12.0. The lowest BCUT2D eigenvalue weighted by Crippen LogP contribution is -2.22. The van der Waals surface area contributed by atoms with E-state index in [0.717, 1.165) is 10.5 Å². The summed E-state index contributed by atoms with van der Waals surface area (Å²) < 4.78 is 1.60. The molecule has 1 atom stereocenters. The van der Waals surface area contributed by atoms with E-state index in [-0.39, 0.29) is 15.3 Å². The van der Waals surface area contributed by atoms with E-state index in [4.69, 9.17) is 0 Å². The number of aromatic nitrogens is 4. The molecule has 0 bridgehead atoms. The number of tetrazole rings is 1. The third-order valence-corrected chi connectivity index (χ3v) is 7.91. The van der Waals surface area contributed by atoms with Crippen molar-refractivity contribution in [3.8, 4) is 5.69 Å². The van der Waals surface area contributed by atoms with Crippen molar-refractivity contribution in [3.05, 3.63) is 70.1 Å². The molecule has 0 spiro atoms. The van der Waals surface area contributed by atoms with Gasteiger partial charge in [-0.15, -0.1) is 11.8 Å². The van der Waals surface area contributed by atoms with Crippen molar-refractivity contribution in [1.29, 1.82) is 0 Å². The van der Waals surface area contributed by atoms with E-state index in [1.165, 1.54) is 9.36 Å². The van der Waals surface area contributed by atoms with Gasteiger partial charge < -0.3 is 0 Å². The summed E-state index contributed by atoms with van der Waals surface area (Å²) >= 11 is 5.08. The van der Waals surface area contributed by atoms with Crippen LogP contribution in [0.5, 0.6) is 0 Å². The van der Waals surface area contributed by atoms with Crippen molar-refractivity contribution in [1.82, 2.24) is 19.8 Å². The SMILES string of the molecule is Cn1nnn(-c2ccccc2CSc2ccc(C(=O)C(I)C(=O)I)cc2)c1=O. The van der Waals surface area contributed by atoms with E-state index in [1.807, 2.05) is 59.0 Å². The number of rotatable bonds is 7. The number of nitrogens with zero attached hydrogens (tertiary/aromatic N) is 4. The molecule has 2 aromatic carbocycles. The maximum absolute atomic E-state index is 12.2. The van der Waals surface area contributed by atoms with Crippen molar-refractivity contribution in [2.75, 3.05) is 0 Å². The number of para-hydroxylation sites is 1. The van der Waals surface area contributed by atoms with Crippen LogP contribution in [0.2, 0.25) is 0 Å². The molecule has 0 radical (unpaired) electrons. The Kier molecular flexibility index (Phi) is 7.04. The maximum atomic E-state index is 12.2. The summed E-state index contributed by atoms with van der Waals surface area (Å²) in [4.78, 5) is 36.7. The summed E-state index contributed by atoms with van der Waals surface area (Å²) in [7, 11) is 1.55. The minimum atomic E-state index is -0.672. The summed E-state index contributed by atoms with van der Waals surface area (Å²) in [5, 5.41) is 7.66. The number of thioether (sulfide) groups is 1. The first-order valence-electron chi connectivity index (χ1n) is 8.06. The van der Waals surface area contributed by atoms with Gasteiger partial charge in [-0.2, -0.15) is 9.36 Å². The first-order chi connectivity index (χ1) is 13.4. The number of hydrogen-bond acceptors (Lipinski definition) is 6. The van der Waals surface area contributed by atoms with Crippen molar-refractivity contribution in [2.24, 2.45) is 7.05 Å². The molecule has 0 N–H and O–H groups in total. The van der Waals surface area contributed by atoms with Gasteiger partial charge in [-0.1, -0.05) is 52.9 Å². The van der Waals surface area contributed by atoms with Gasteiger partial charge in [0, 0.05) is 45.9 Å². The fourth-order valence-electron chi connectivity index (χ4n) is 2.43. The minimum absolute atomic E-state index is 0.183. The molecule has 10 heteroatoms. The monoisotopic (exact) mass is 620 g/mol. The Balaban J connectivity index is 1.75. The van der Waals surface area contributed by atoms with Gasteiger partial charge in [0.2, 0.25) is 3.79 Å². The zero-order chi connectivity index (χ0) is 20.3. The number of hydrogen-bond donors (Lipinski definition) is 0. The van der Waals surface area contributed by atoms with E-state index >= 15 is 0 Å². The van der Waals surface area contributed by atoms with Crippen LogP contribution in [-0.4, -0.2) is 33.3 Å². The van der Waals surface area contributed by atoms with Gasteiger partial charge in [0.25, 0.3) is 0 Å². The van der Waals surface area contributed by atoms with Crippen LogP contribution >= 0.6 is 56.9 Å². The van der Waals surface area contributed by atoms with E-state index in [2.05, 4.69) is 10.4 Å². The number of alkyl halides is 1. The third kappa shape index (κ3) is 4.71. The lowest BCUT2D eigenvalue weighted by Gasteiger charge is -2.09. The number of carbonyl (C=O) groups is 2. The van der Waals surface area contributed by atoms with Crippen LogP contribution in [0.25, 0.3) is 5.69 Å². The summed E-state index contributed by atoms with van der Waals surface area (Å²) in [5.41, 5.74) is 1.84. The van der Waals surface area contributed by atoms with Crippen molar-refractivity contribution in [2.45, 2.75) is 14.6 Å². The molecule has 1 aromatic heterocycles. The van der Waals surface area contributed by atoms with Gasteiger partial charge in [-0.05, 0) is 34.2 Å². The Morgan fingerprint density at radius 1 is 1.11 bits per heavy atom. The molecule has 0 amide bonds. The number of benzene rings is 2. The van der Waals surface area contributed by atoms with Crippen LogP contribution in [0, 0.1) is 0 Å². The number of carbonyl (C=O) groups excluding carboxylic acids is 2. The van der Waals surface area contributed by atoms with Crippen LogP contribution in [0.15, 0.2) is 58.2 Å². The molecule has 0 fully saturated rings. The summed E-state index contributed by atoms with van der Waals surface area (Å²) in [6.07, 6.45) is 0. The second-order valence-corrected chi connectivity index (χ2v) is 9.13. The van der Waals surface area contributed by atoms with Crippen molar-refractivity contribution < 1.29 is 9.59 Å². The van der Waals surface area contributed by atoms with E-state index in [1.54, 1.807) is 53.5 Å². The number of Topliss-reactive ketones (excluding diaryl/α,β-unsaturated/α-hetero) is 1. The summed E-state index contributed by atoms with van der Waals surface area (Å²) in [5.74, 6) is 0.428. The van der Waals surface area contributed by atoms with Gasteiger partial charge in [-0.25, -0.2) is 4.79 Å². The van der Waals surface area contributed by atoms with Crippen molar-refractivity contribution >= 4 is 66.5 Å². The lowest BCUT2D eigenvalue weighted by atomic mass is 10.1. The fraction of sp³-hybridized carbons (Fsp3) is 0.167. The third-order valence-electron chi connectivity index (χ3n) is 3.90. The number of ketones is 1. The zero-order valence-electron chi connectivity index (χ0n) is 14.6. The van der Waals surface area contributed by atoms with Gasteiger partial charge in [0.15, 0.2) is 5.78 Å². The molecule has 3 rings (SSSR count). The highest BCUT2D eigenvalue weighted by Crippen LogP contribution is 2.26. The maximum Gasteiger partial charge on any atom is 0.368 e. The number of aryl methyl sites for hydroxylation is 1. The van der Waals surface area contributed by atoms with Gasteiger partial charge in [0.05, 0.1) is 5.69 Å².